The highest BCUT2D eigenvalue weighted by Crippen LogP contribution is 2.27. The molecule has 0 unspecified atom stereocenters. The van der Waals surface area contributed by atoms with E-state index in [4.69, 9.17) is 9.47 Å². The van der Waals surface area contributed by atoms with Crippen molar-refractivity contribution < 1.29 is 14.3 Å². The third-order valence-corrected chi connectivity index (χ3v) is 3.95. The first-order valence-electron chi connectivity index (χ1n) is 7.45. The van der Waals surface area contributed by atoms with Crippen LogP contribution in [0.4, 0.5) is 0 Å². The zero-order valence-corrected chi connectivity index (χ0v) is 13.2. The van der Waals surface area contributed by atoms with E-state index in [1.807, 2.05) is 18.2 Å². The Morgan fingerprint density at radius 1 is 0.913 bits per heavy atom. The number of carbonyl (C=O) groups is 1. The molecule has 3 aromatic carbocycles. The summed E-state index contributed by atoms with van der Waals surface area (Å²) in [5.74, 6) is 0.348. The van der Waals surface area contributed by atoms with E-state index in [9.17, 15) is 4.79 Å². The number of ether oxygens (including phenoxy) is 2. The molecule has 3 rings (SSSR count). The molecule has 0 fully saturated rings. The Hall–Kier alpha value is -2.81. The van der Waals surface area contributed by atoms with Gasteiger partial charge in [-0.15, -0.1) is 0 Å². The van der Waals surface area contributed by atoms with Crippen LogP contribution in [0.15, 0.2) is 60.7 Å². The van der Waals surface area contributed by atoms with Crippen molar-refractivity contribution in [3.8, 4) is 5.75 Å². The highest BCUT2D eigenvalue weighted by Gasteiger charge is 2.16. The first kappa shape index (κ1) is 15.1. The van der Waals surface area contributed by atoms with Crippen molar-refractivity contribution in [2.75, 3.05) is 14.2 Å². The minimum atomic E-state index is -0.348. The molecule has 0 N–H and O–H groups in total. The van der Waals surface area contributed by atoms with Crippen LogP contribution in [-0.2, 0) is 11.2 Å². The van der Waals surface area contributed by atoms with Gasteiger partial charge in [0.1, 0.15) is 5.75 Å². The van der Waals surface area contributed by atoms with Crippen molar-refractivity contribution in [2.24, 2.45) is 0 Å². The number of methoxy groups -OCH3 is 2. The van der Waals surface area contributed by atoms with E-state index in [1.165, 1.54) is 17.9 Å². The third-order valence-electron chi connectivity index (χ3n) is 3.95. The van der Waals surface area contributed by atoms with E-state index < -0.39 is 0 Å². The van der Waals surface area contributed by atoms with Crippen molar-refractivity contribution in [3.63, 3.8) is 0 Å². The lowest BCUT2D eigenvalue weighted by atomic mass is 9.97. The minimum absolute atomic E-state index is 0.348. The normalized spacial score (nSPS) is 10.5. The van der Waals surface area contributed by atoms with Gasteiger partial charge in [0.15, 0.2) is 0 Å². The van der Waals surface area contributed by atoms with Gasteiger partial charge in [-0.2, -0.15) is 0 Å². The molecule has 0 radical (unpaired) electrons. The molecule has 116 valence electrons. The second-order valence-electron chi connectivity index (χ2n) is 5.34. The van der Waals surface area contributed by atoms with Crippen LogP contribution in [0.3, 0.4) is 0 Å². The average Bonchev–Trinajstić information content (AvgIpc) is 2.61. The van der Waals surface area contributed by atoms with Gasteiger partial charge in [0.05, 0.1) is 19.8 Å². The molecule has 0 saturated heterocycles. The zero-order valence-electron chi connectivity index (χ0n) is 13.2. The fraction of sp³-hybridized carbons (Fsp3) is 0.150. The van der Waals surface area contributed by atoms with Crippen LogP contribution in [0.1, 0.15) is 21.5 Å². The zero-order chi connectivity index (χ0) is 16.2. The Bertz CT molecular complexity index is 852. The molecule has 0 aromatic heterocycles. The van der Waals surface area contributed by atoms with E-state index in [2.05, 4.69) is 30.3 Å². The van der Waals surface area contributed by atoms with Gasteiger partial charge in [-0.05, 0) is 28.5 Å². The number of benzene rings is 3. The lowest BCUT2D eigenvalue weighted by Crippen LogP contribution is -2.07. The second kappa shape index (κ2) is 6.53. The Kier molecular flexibility index (Phi) is 4.29. The summed E-state index contributed by atoms with van der Waals surface area (Å²) in [7, 11) is 3.00. The second-order valence-corrected chi connectivity index (χ2v) is 5.34. The number of hydrogen-bond donors (Lipinski definition) is 0. The van der Waals surface area contributed by atoms with Crippen LogP contribution in [0.5, 0.6) is 5.75 Å². The van der Waals surface area contributed by atoms with Crippen molar-refractivity contribution in [2.45, 2.75) is 6.42 Å². The molecule has 3 heteroatoms. The van der Waals surface area contributed by atoms with Crippen LogP contribution >= 0.6 is 0 Å². The summed E-state index contributed by atoms with van der Waals surface area (Å²) in [6, 6.07) is 20.0. The Morgan fingerprint density at radius 2 is 1.70 bits per heavy atom. The van der Waals surface area contributed by atoms with Crippen LogP contribution in [-0.4, -0.2) is 20.2 Å². The fourth-order valence-corrected chi connectivity index (χ4v) is 2.79. The van der Waals surface area contributed by atoms with E-state index in [1.54, 1.807) is 19.2 Å². The molecule has 3 aromatic rings. The van der Waals surface area contributed by atoms with Gasteiger partial charge in [0.25, 0.3) is 0 Å². The van der Waals surface area contributed by atoms with Crippen LogP contribution in [0, 0.1) is 0 Å². The molecule has 3 nitrogen and oxygen atoms in total. The molecular weight excluding hydrogens is 288 g/mol. The van der Waals surface area contributed by atoms with Gasteiger partial charge in [0.2, 0.25) is 0 Å². The molecule has 0 spiro atoms. The Morgan fingerprint density at radius 3 is 2.43 bits per heavy atom. The maximum absolute atomic E-state index is 12.0. The largest absolute Gasteiger partial charge is 0.496 e. The summed E-state index contributed by atoms with van der Waals surface area (Å²) in [4.78, 5) is 12.0. The SMILES string of the molecule is COC(=O)c1cccc(OC)c1Cc1ccc2ccccc2c1. The number of esters is 1. The van der Waals surface area contributed by atoms with Gasteiger partial charge in [-0.1, -0.05) is 48.5 Å². The molecule has 23 heavy (non-hydrogen) atoms. The van der Waals surface area contributed by atoms with Crippen molar-refractivity contribution >= 4 is 16.7 Å². The van der Waals surface area contributed by atoms with Crippen molar-refractivity contribution in [3.05, 3.63) is 77.4 Å². The molecule has 0 amide bonds. The minimum Gasteiger partial charge on any atom is -0.496 e. The van der Waals surface area contributed by atoms with Crippen molar-refractivity contribution in [1.82, 2.24) is 0 Å². The Labute approximate surface area is 135 Å². The standard InChI is InChI=1S/C20H18O3/c1-22-19-9-5-8-17(20(21)23-2)18(19)13-14-10-11-15-6-3-4-7-16(15)12-14/h3-12H,13H2,1-2H3. The van der Waals surface area contributed by atoms with Crippen LogP contribution < -0.4 is 4.74 Å². The molecule has 0 aliphatic rings. The molecular formula is C20H18O3. The quantitative estimate of drug-likeness (QED) is 0.677. The van der Waals surface area contributed by atoms with E-state index in [0.717, 1.165) is 11.1 Å². The highest BCUT2D eigenvalue weighted by molar-refractivity contribution is 5.92. The van der Waals surface area contributed by atoms with Gasteiger partial charge >= 0.3 is 5.97 Å². The summed E-state index contributed by atoms with van der Waals surface area (Å²) in [6.07, 6.45) is 0.610. The molecule has 0 heterocycles. The van der Waals surface area contributed by atoms with Crippen LogP contribution in [0.2, 0.25) is 0 Å². The lowest BCUT2D eigenvalue weighted by Gasteiger charge is -2.13. The van der Waals surface area contributed by atoms with E-state index >= 15 is 0 Å². The van der Waals surface area contributed by atoms with Gasteiger partial charge in [0, 0.05) is 12.0 Å². The smallest absolute Gasteiger partial charge is 0.338 e. The summed E-state index contributed by atoms with van der Waals surface area (Å²) in [5, 5.41) is 2.38. The van der Waals surface area contributed by atoms with Gasteiger partial charge in [-0.25, -0.2) is 4.79 Å². The molecule has 0 bridgehead atoms. The average molecular weight is 306 g/mol. The summed E-state index contributed by atoms with van der Waals surface area (Å²) in [6.45, 7) is 0. The third kappa shape index (κ3) is 3.04. The summed E-state index contributed by atoms with van der Waals surface area (Å²) >= 11 is 0. The van der Waals surface area contributed by atoms with Gasteiger partial charge < -0.3 is 9.47 Å². The van der Waals surface area contributed by atoms with E-state index in [-0.39, 0.29) is 5.97 Å². The van der Waals surface area contributed by atoms with Crippen molar-refractivity contribution in [1.29, 1.82) is 0 Å². The lowest BCUT2D eigenvalue weighted by molar-refractivity contribution is 0.0599. The topological polar surface area (TPSA) is 35.5 Å². The number of rotatable bonds is 4. The monoisotopic (exact) mass is 306 g/mol. The van der Waals surface area contributed by atoms with Gasteiger partial charge in [-0.3, -0.25) is 0 Å². The maximum atomic E-state index is 12.0. The van der Waals surface area contributed by atoms with E-state index in [0.29, 0.717) is 17.7 Å². The summed E-state index contributed by atoms with van der Waals surface area (Å²) < 4.78 is 10.3. The highest BCUT2D eigenvalue weighted by atomic mass is 16.5. The summed E-state index contributed by atoms with van der Waals surface area (Å²) in [5.41, 5.74) is 2.51. The number of fused-ring (bicyclic) bond motifs is 1. The number of carbonyl (C=O) groups excluding carboxylic acids is 1. The van der Waals surface area contributed by atoms with Crippen LogP contribution in [0.25, 0.3) is 10.8 Å². The molecule has 0 atom stereocenters. The first-order chi connectivity index (χ1) is 11.2. The molecule has 0 saturated carbocycles. The molecule has 0 aliphatic carbocycles. The number of hydrogen-bond acceptors (Lipinski definition) is 3. The molecule has 0 aliphatic heterocycles. The predicted octanol–water partition coefficient (Wildman–Crippen LogP) is 4.23. The predicted molar refractivity (Wildman–Crippen MR) is 91.1 cm³/mol. The first-order valence-corrected chi connectivity index (χ1v) is 7.45. The maximum Gasteiger partial charge on any atom is 0.338 e. The fourth-order valence-electron chi connectivity index (χ4n) is 2.79. The Balaban J connectivity index is 2.05.